The summed E-state index contributed by atoms with van der Waals surface area (Å²) in [5, 5.41) is 22.3. The average Bonchev–Trinajstić information content (AvgIpc) is 1.57. The van der Waals surface area contributed by atoms with Crippen molar-refractivity contribution >= 4 is 108 Å². The van der Waals surface area contributed by atoms with Gasteiger partial charge in [-0.1, -0.05) is 243 Å². The van der Waals surface area contributed by atoms with Crippen LogP contribution in [0, 0.1) is 34.6 Å². The van der Waals surface area contributed by atoms with E-state index in [9.17, 15) is 0 Å². The van der Waals surface area contributed by atoms with Crippen molar-refractivity contribution in [3.63, 3.8) is 0 Å². The zero-order valence-electron chi connectivity index (χ0n) is 62.1. The Labute approximate surface area is 639 Å². The van der Waals surface area contributed by atoms with Crippen LogP contribution in [0.4, 0.5) is 0 Å². The van der Waals surface area contributed by atoms with Crippen LogP contribution in [-0.2, 0) is 32.1 Å². The fourth-order valence-electron chi connectivity index (χ4n) is 18.9. The molecule has 520 valence electrons. The van der Waals surface area contributed by atoms with Crippen LogP contribution in [0.15, 0.2) is 304 Å². The molecule has 0 radical (unpaired) electrons. The summed E-state index contributed by atoms with van der Waals surface area (Å²) in [5.74, 6) is 0. The smallest absolute Gasteiger partial charge is 0.0967 e. The summed E-state index contributed by atoms with van der Waals surface area (Å²) in [6.07, 6.45) is 14.9. The lowest BCUT2D eigenvalue weighted by Gasteiger charge is -2.09. The zero-order valence-corrected chi connectivity index (χ0v) is 62.1. The fraction of sp³-hybridized carbons (Fsp3) is 0.0952. The highest BCUT2D eigenvalue weighted by atomic mass is 14.7. The van der Waals surface area contributed by atoms with Gasteiger partial charge in [0.25, 0.3) is 0 Å². The van der Waals surface area contributed by atoms with Gasteiger partial charge in [-0.25, -0.2) is 0 Å². The Kier molecular flexibility index (Phi) is 15.3. The summed E-state index contributed by atoms with van der Waals surface area (Å²) >= 11 is 0. The molecule has 0 unspecified atom stereocenters. The largest absolute Gasteiger partial charge is 0.256 e. The van der Waals surface area contributed by atoms with Gasteiger partial charge in [0.05, 0.1) is 27.9 Å². The molecule has 0 fully saturated rings. The first-order chi connectivity index (χ1) is 54.1. The van der Waals surface area contributed by atoms with E-state index in [0.29, 0.717) is 0 Å². The third kappa shape index (κ3) is 10.5. The van der Waals surface area contributed by atoms with Crippen LogP contribution in [-0.4, -0.2) is 24.9 Å². The summed E-state index contributed by atoms with van der Waals surface area (Å²) in [6, 6.07) is 98.6. The molecule has 0 saturated heterocycles. The minimum Gasteiger partial charge on any atom is -0.256 e. The Morgan fingerprint density at radius 2 is 0.555 bits per heavy atom. The number of benzene rings is 15. The molecule has 0 amide bonds. The van der Waals surface area contributed by atoms with Crippen molar-refractivity contribution in [2.24, 2.45) is 0 Å². The molecule has 5 heterocycles. The van der Waals surface area contributed by atoms with Crippen LogP contribution in [0.25, 0.3) is 164 Å². The molecule has 15 aromatic carbocycles. The molecule has 5 heteroatoms. The Hall–Kier alpha value is -13.4. The monoisotopic (exact) mass is 1410 g/mol. The summed E-state index contributed by atoms with van der Waals surface area (Å²) in [5.41, 5.74) is 37.4. The molecule has 5 nitrogen and oxygen atoms in total. The van der Waals surface area contributed by atoms with Gasteiger partial charge in [0.15, 0.2) is 0 Å². The predicted octanol–water partition coefficient (Wildman–Crippen LogP) is 26.3. The standard InChI is InChI=1S/C22H16.3C21H15N.C20H14N2/c1-14-5-4-8-17-20-12-11-18-16-7-3-2-6-15(16)9-10-19(18)22(20)13-21(14)17;1-13-5-4-8-16-18(13)11-19-17-10-9-14-6-2-3-7-15(14)21(17)22-12-20(16)19;1-13-8-9-22-21-17-7-6-16-10-14-4-2-3-5-15(14)11-19(16)20(17)12-18(13)21;1-13-10-11-22-21-18-9-8-16-15-5-3-2-4-14(15)6-7-17(16)20(18)12-19(13)21;1-12-4-2-6-14-16(12)10-17-15-8-7-13-5-3-9-21-19(13)20(15)22-11-18(14)17/h2-12H,13H2,1H3;2-10,12H,11H2,1H3;2*2-11H,12H2,1H3;2-9,11H,10H2,1H3. The van der Waals surface area contributed by atoms with Gasteiger partial charge in [-0.15, -0.1) is 0 Å². The minimum absolute atomic E-state index is 0.995. The van der Waals surface area contributed by atoms with Crippen molar-refractivity contribution in [3.05, 3.63) is 387 Å². The van der Waals surface area contributed by atoms with Crippen molar-refractivity contribution in [1.82, 2.24) is 24.9 Å². The molecule has 110 heavy (non-hydrogen) atoms. The summed E-state index contributed by atoms with van der Waals surface area (Å²) in [4.78, 5) is 23.4. The topological polar surface area (TPSA) is 64.5 Å². The Morgan fingerprint density at radius 3 is 1.12 bits per heavy atom. The van der Waals surface area contributed by atoms with Crippen LogP contribution in [0.2, 0.25) is 0 Å². The van der Waals surface area contributed by atoms with E-state index in [-0.39, 0.29) is 0 Å². The highest BCUT2D eigenvalue weighted by Gasteiger charge is 2.29. The van der Waals surface area contributed by atoms with E-state index in [2.05, 4.69) is 323 Å². The molecule has 0 N–H and O–H groups in total. The normalized spacial score (nSPS) is 12.6. The van der Waals surface area contributed by atoms with Crippen LogP contribution in [0.5, 0.6) is 0 Å². The molecule has 20 aromatic rings. The van der Waals surface area contributed by atoms with E-state index >= 15 is 0 Å². The highest BCUT2D eigenvalue weighted by molar-refractivity contribution is 6.14. The maximum absolute atomic E-state index is 4.81. The molecular weight excluding hydrogens is 1330 g/mol. The predicted molar refractivity (Wildman–Crippen MR) is 461 cm³/mol. The number of pyridine rings is 5. The third-order valence-electron chi connectivity index (χ3n) is 24.6. The summed E-state index contributed by atoms with van der Waals surface area (Å²) in [6.45, 7) is 11.0. The molecule has 0 aliphatic heterocycles. The zero-order chi connectivity index (χ0) is 73.4. The second-order valence-electron chi connectivity index (χ2n) is 30.6. The summed E-state index contributed by atoms with van der Waals surface area (Å²) in [7, 11) is 0. The van der Waals surface area contributed by atoms with E-state index in [1.54, 1.807) is 0 Å². The van der Waals surface area contributed by atoms with Gasteiger partial charge in [0.1, 0.15) is 0 Å². The number of aryl methyl sites for hydroxylation is 5. The van der Waals surface area contributed by atoms with Crippen molar-refractivity contribution in [2.75, 3.05) is 0 Å². The molecule has 0 bridgehead atoms. The van der Waals surface area contributed by atoms with Crippen LogP contribution in [0.1, 0.15) is 83.5 Å². The van der Waals surface area contributed by atoms with Crippen LogP contribution < -0.4 is 0 Å². The Balaban J connectivity index is 0.0000000873. The Morgan fingerprint density at radius 1 is 0.182 bits per heavy atom. The molecule has 5 aliphatic rings. The molecular formula is C105H75N5. The number of aromatic nitrogens is 5. The molecule has 5 aromatic heterocycles. The SMILES string of the molecule is Cc1cccc2c1Cc1c-2ccc2c1ccc1ccccc12.Cc1cccc2c1Cc1c-2cnc2c1ccc1ccccc12.Cc1cccc2c1Cc1c-2cnc2c1ccc1cccnc12.Cc1ccnc2c1Cc1c-2ccc2c1ccc1ccccc12.Cc1ccnc2c1Cc1c-2ccc2cc3ccccc3cc12. The fourth-order valence-corrected chi connectivity index (χ4v) is 18.9. The minimum atomic E-state index is 0.995. The lowest BCUT2D eigenvalue weighted by Crippen LogP contribution is -1.90. The lowest BCUT2D eigenvalue weighted by atomic mass is 9.95. The molecule has 25 rings (SSSR count). The van der Waals surface area contributed by atoms with Crippen molar-refractivity contribution < 1.29 is 0 Å². The first kappa shape index (κ1) is 65.0. The molecule has 5 aliphatic carbocycles. The second-order valence-corrected chi connectivity index (χ2v) is 30.6. The number of rotatable bonds is 0. The van der Waals surface area contributed by atoms with Gasteiger partial charge in [0, 0.05) is 87.6 Å². The Bertz CT molecular complexity index is 6500. The van der Waals surface area contributed by atoms with Crippen molar-refractivity contribution in [2.45, 2.75) is 66.7 Å². The van der Waals surface area contributed by atoms with E-state index in [4.69, 9.17) is 9.97 Å². The van der Waals surface area contributed by atoms with Gasteiger partial charge in [-0.05, 0) is 260 Å². The van der Waals surface area contributed by atoms with Gasteiger partial charge in [0.2, 0.25) is 0 Å². The van der Waals surface area contributed by atoms with Gasteiger partial charge in [-0.2, -0.15) is 0 Å². The van der Waals surface area contributed by atoms with E-state index in [0.717, 1.165) is 54.0 Å². The molecule has 0 atom stereocenters. The van der Waals surface area contributed by atoms with Gasteiger partial charge in [-0.3, -0.25) is 24.9 Å². The van der Waals surface area contributed by atoms with Crippen molar-refractivity contribution in [3.8, 4) is 55.9 Å². The first-order valence-corrected chi connectivity index (χ1v) is 38.5. The maximum atomic E-state index is 4.81. The number of nitrogens with zero attached hydrogens (tertiary/aromatic N) is 5. The lowest BCUT2D eigenvalue weighted by molar-refractivity contribution is 1.19. The van der Waals surface area contributed by atoms with E-state index in [1.807, 2.05) is 30.9 Å². The first-order valence-electron chi connectivity index (χ1n) is 38.5. The van der Waals surface area contributed by atoms with Crippen LogP contribution in [0.3, 0.4) is 0 Å². The highest BCUT2D eigenvalue weighted by Crippen LogP contribution is 2.48. The quantitative estimate of drug-likeness (QED) is 0.112. The van der Waals surface area contributed by atoms with Crippen LogP contribution >= 0.6 is 0 Å². The number of fused-ring (bicyclic) bond motifs is 34. The average molecular weight is 1410 g/mol. The van der Waals surface area contributed by atoms with E-state index < -0.39 is 0 Å². The van der Waals surface area contributed by atoms with Crippen molar-refractivity contribution in [1.29, 1.82) is 0 Å². The number of hydrogen-bond donors (Lipinski definition) is 0. The van der Waals surface area contributed by atoms with Gasteiger partial charge >= 0.3 is 0 Å². The second kappa shape index (κ2) is 26.0. The maximum Gasteiger partial charge on any atom is 0.0967 e. The van der Waals surface area contributed by atoms with E-state index in [1.165, 1.54) is 226 Å². The van der Waals surface area contributed by atoms with Gasteiger partial charge < -0.3 is 0 Å². The molecule has 0 spiro atoms. The molecule has 0 saturated carbocycles. The third-order valence-corrected chi connectivity index (χ3v) is 24.6. The summed E-state index contributed by atoms with van der Waals surface area (Å²) < 4.78 is 0. The number of hydrogen-bond acceptors (Lipinski definition) is 5.